The fourth-order valence-corrected chi connectivity index (χ4v) is 6.22. The number of carboxylic acids is 1. The van der Waals surface area contributed by atoms with Crippen LogP contribution in [-0.4, -0.2) is 37.0 Å². The number of carbonyl (C=O) groups is 1. The molecule has 1 N–H and O–H groups in total. The maximum atomic E-state index is 10.2. The predicted molar refractivity (Wildman–Crippen MR) is 37.8 cm³/mol. The summed E-state index contributed by atoms with van der Waals surface area (Å²) in [6.45, 7) is 2.03. The fourth-order valence-electron chi connectivity index (χ4n) is 1.18. The molecule has 0 amide bonds. The Hall–Kier alpha value is 0.325. The summed E-state index contributed by atoms with van der Waals surface area (Å²) < 4.78 is 12.1. The van der Waals surface area contributed by atoms with Crippen LogP contribution in [-0.2, 0) is 38.8 Å². The molecule has 12 heavy (non-hydrogen) atoms. The van der Waals surface area contributed by atoms with Crippen molar-refractivity contribution in [3.05, 3.63) is 0 Å². The van der Waals surface area contributed by atoms with Crippen molar-refractivity contribution in [2.24, 2.45) is 0 Å². The van der Waals surface area contributed by atoms with Crippen LogP contribution < -0.4 is 0 Å². The number of ether oxygens (including phenoxy) is 2. The molecule has 1 aliphatic rings. The van der Waals surface area contributed by atoms with Crippen LogP contribution in [0.25, 0.3) is 0 Å². The summed E-state index contributed by atoms with van der Waals surface area (Å²) in [5.41, 5.74) is 0. The van der Waals surface area contributed by atoms with E-state index in [-0.39, 0.29) is 6.10 Å². The van der Waals surface area contributed by atoms with Crippen LogP contribution in [0.15, 0.2) is 0 Å². The molecule has 0 aromatic heterocycles. The predicted octanol–water partition coefficient (Wildman–Crippen LogP) is 0.406. The Morgan fingerprint density at radius 2 is 2.42 bits per heavy atom. The normalized spacial score (nSPS) is 23.2. The fraction of sp³-hybridized carbons (Fsp3) is 0.857. The Bertz CT molecular complexity index is 144. The van der Waals surface area contributed by atoms with E-state index in [1.807, 2.05) is 0 Å². The molecule has 1 rings (SSSR count). The second kappa shape index (κ2) is 5.88. The first-order valence-electron chi connectivity index (χ1n) is 4.20. The standard InChI is InChI=1S/C5H9O2.C2H3O2.Hg/c1-5-4-6-2-3-7-5;1-2(3)4;/h5H,1-4H2;1H2,(H,3,4);. The molecule has 0 radical (unpaired) electrons. The van der Waals surface area contributed by atoms with Gasteiger partial charge in [-0.2, -0.15) is 0 Å². The number of carboxylic acid groups (broad SMARTS) is 1. The van der Waals surface area contributed by atoms with Gasteiger partial charge in [0.05, 0.1) is 0 Å². The van der Waals surface area contributed by atoms with E-state index in [9.17, 15) is 4.79 Å². The average molecular weight is 361 g/mol. The number of hydrogen-bond acceptors (Lipinski definition) is 3. The van der Waals surface area contributed by atoms with Crippen LogP contribution >= 0.6 is 0 Å². The Balaban J connectivity index is 2.01. The van der Waals surface area contributed by atoms with Gasteiger partial charge in [-0.3, -0.25) is 0 Å². The minimum absolute atomic E-state index is 0.208. The molecule has 0 saturated carbocycles. The molecule has 1 saturated heterocycles. The van der Waals surface area contributed by atoms with Gasteiger partial charge in [0.1, 0.15) is 0 Å². The summed E-state index contributed by atoms with van der Waals surface area (Å²) in [5.74, 6) is -0.645. The maximum absolute atomic E-state index is 10.2. The van der Waals surface area contributed by atoms with Crippen LogP contribution in [0.3, 0.4) is 0 Å². The molecule has 5 heteroatoms. The second-order valence-corrected chi connectivity index (χ2v) is 9.79. The first-order chi connectivity index (χ1) is 5.79. The third-order valence-electron chi connectivity index (χ3n) is 1.80. The van der Waals surface area contributed by atoms with Gasteiger partial charge >= 0.3 is 83.7 Å². The number of aliphatic carboxylic acids is 1. The van der Waals surface area contributed by atoms with Gasteiger partial charge in [-0.05, 0) is 0 Å². The Labute approximate surface area is 83.7 Å². The summed E-state index contributed by atoms with van der Waals surface area (Å²) >= 11 is -1.18. The van der Waals surface area contributed by atoms with Crippen LogP contribution in [0.5, 0.6) is 0 Å². The van der Waals surface area contributed by atoms with Crippen LogP contribution in [0.2, 0.25) is 7.86 Å². The van der Waals surface area contributed by atoms with Gasteiger partial charge in [0, 0.05) is 0 Å². The molecule has 1 fully saturated rings. The van der Waals surface area contributed by atoms with E-state index in [4.69, 9.17) is 14.6 Å². The van der Waals surface area contributed by atoms with Crippen molar-refractivity contribution in [1.82, 2.24) is 0 Å². The molecule has 0 aromatic rings. The first-order valence-corrected chi connectivity index (χ1v) is 12.0. The monoisotopic (exact) mass is 362 g/mol. The molecule has 1 atom stereocenters. The molecule has 0 spiro atoms. The average Bonchev–Trinajstić information content (AvgIpc) is 2.05. The van der Waals surface area contributed by atoms with Crippen molar-refractivity contribution >= 4 is 5.97 Å². The van der Waals surface area contributed by atoms with E-state index in [1.54, 1.807) is 0 Å². The molecular weight excluding hydrogens is 349 g/mol. The van der Waals surface area contributed by atoms with Gasteiger partial charge < -0.3 is 0 Å². The molecule has 1 aliphatic heterocycles. The van der Waals surface area contributed by atoms with E-state index in [2.05, 4.69) is 0 Å². The molecule has 0 aromatic carbocycles. The topological polar surface area (TPSA) is 55.8 Å². The minimum atomic E-state index is -1.18. The van der Waals surface area contributed by atoms with Crippen LogP contribution in [0.1, 0.15) is 0 Å². The molecule has 66 valence electrons. The van der Waals surface area contributed by atoms with Gasteiger partial charge in [-0.15, -0.1) is 0 Å². The molecule has 0 aliphatic carbocycles. The zero-order valence-electron chi connectivity index (χ0n) is 6.99. The Kier molecular flexibility index (Phi) is 5.10. The molecule has 1 unspecified atom stereocenters. The van der Waals surface area contributed by atoms with Gasteiger partial charge in [0.15, 0.2) is 0 Å². The SMILES string of the molecule is O=C(O)[CH2][Hg][CH2]C1COCCO1. The third-order valence-corrected chi connectivity index (χ3v) is 8.93. The summed E-state index contributed by atoms with van der Waals surface area (Å²) in [6.07, 6.45) is 0.208. The first kappa shape index (κ1) is 10.4. The van der Waals surface area contributed by atoms with Gasteiger partial charge in [-0.25, -0.2) is 0 Å². The molecular formula is C7H12HgO4. The van der Waals surface area contributed by atoms with Crippen LogP contribution in [0, 0.1) is 0 Å². The Morgan fingerprint density at radius 3 is 3.00 bits per heavy atom. The zero-order chi connectivity index (χ0) is 8.81. The van der Waals surface area contributed by atoms with E-state index in [0.717, 1.165) is 3.93 Å². The summed E-state index contributed by atoms with van der Waals surface area (Å²) in [7, 11) is 0. The molecule has 0 bridgehead atoms. The summed E-state index contributed by atoms with van der Waals surface area (Å²) in [6, 6.07) is 0. The zero-order valence-corrected chi connectivity index (χ0v) is 12.5. The Morgan fingerprint density at radius 1 is 1.58 bits per heavy atom. The molecule has 4 nitrogen and oxygen atoms in total. The number of hydrogen-bond donors (Lipinski definition) is 1. The second-order valence-electron chi connectivity index (χ2n) is 2.85. The van der Waals surface area contributed by atoms with E-state index >= 15 is 0 Å². The van der Waals surface area contributed by atoms with Gasteiger partial charge in [0.2, 0.25) is 0 Å². The van der Waals surface area contributed by atoms with Gasteiger partial charge in [-0.1, -0.05) is 0 Å². The third kappa shape index (κ3) is 4.38. The quantitative estimate of drug-likeness (QED) is 0.738. The van der Waals surface area contributed by atoms with Crippen LogP contribution in [0.4, 0.5) is 0 Å². The van der Waals surface area contributed by atoms with Crippen molar-refractivity contribution in [3.8, 4) is 0 Å². The van der Waals surface area contributed by atoms with E-state index in [1.165, 1.54) is 0 Å². The van der Waals surface area contributed by atoms with Crippen molar-refractivity contribution < 1.29 is 43.9 Å². The van der Waals surface area contributed by atoms with Crippen molar-refractivity contribution in [3.63, 3.8) is 0 Å². The van der Waals surface area contributed by atoms with Crippen molar-refractivity contribution in [2.75, 3.05) is 19.8 Å². The van der Waals surface area contributed by atoms with Crippen molar-refractivity contribution in [1.29, 1.82) is 0 Å². The summed E-state index contributed by atoms with van der Waals surface area (Å²) in [4.78, 5) is 10.2. The van der Waals surface area contributed by atoms with E-state index < -0.39 is 30.5 Å². The van der Waals surface area contributed by atoms with Gasteiger partial charge in [0.25, 0.3) is 0 Å². The number of rotatable bonds is 4. The van der Waals surface area contributed by atoms with Crippen molar-refractivity contribution in [2.45, 2.75) is 14.0 Å². The summed E-state index contributed by atoms with van der Waals surface area (Å²) in [5, 5.41) is 8.43. The van der Waals surface area contributed by atoms with E-state index in [0.29, 0.717) is 23.8 Å². The molecule has 1 heterocycles.